The molecule has 5 heteroatoms. The van der Waals surface area contributed by atoms with Gasteiger partial charge in [-0.15, -0.1) is 0 Å². The third kappa shape index (κ3) is 5.84. The molecule has 1 amide bonds. The maximum absolute atomic E-state index is 10.2. The zero-order valence-corrected chi connectivity index (χ0v) is 7.35. The van der Waals surface area contributed by atoms with Crippen molar-refractivity contribution in [1.29, 1.82) is 0 Å². The van der Waals surface area contributed by atoms with Crippen LogP contribution in [0.3, 0.4) is 0 Å². The van der Waals surface area contributed by atoms with Crippen molar-refractivity contribution in [3.05, 3.63) is 0 Å². The molecule has 0 fully saturated rings. The summed E-state index contributed by atoms with van der Waals surface area (Å²) < 4.78 is 0.453. The Kier molecular flexibility index (Phi) is 5.33. The lowest BCUT2D eigenvalue weighted by atomic mass is 10.5. The third-order valence-corrected chi connectivity index (χ3v) is 1.64. The number of amides is 1. The monoisotopic (exact) mass is 178 g/mol. The van der Waals surface area contributed by atoms with Gasteiger partial charge < -0.3 is 11.1 Å². The number of thioether (sulfide) groups is 1. The van der Waals surface area contributed by atoms with Crippen LogP contribution < -0.4 is 11.1 Å². The standard InChI is InChI=1S/C5H10N2OS2/c1-2-3-7-5(9)10-4(6)8/h2-3H2,1H3,(H2,6,8)(H,7,9). The van der Waals surface area contributed by atoms with Crippen molar-refractivity contribution in [3.63, 3.8) is 0 Å². The van der Waals surface area contributed by atoms with Crippen LogP contribution in [0, 0.1) is 0 Å². The van der Waals surface area contributed by atoms with E-state index in [0.29, 0.717) is 4.32 Å². The molecular formula is C5H10N2OS2. The lowest BCUT2D eigenvalue weighted by molar-refractivity contribution is 0.267. The summed E-state index contributed by atoms with van der Waals surface area (Å²) in [5.41, 5.74) is 4.86. The van der Waals surface area contributed by atoms with Crippen LogP contribution >= 0.6 is 24.0 Å². The summed E-state index contributed by atoms with van der Waals surface area (Å²) in [4.78, 5) is 10.2. The number of hydrogen-bond acceptors (Lipinski definition) is 3. The summed E-state index contributed by atoms with van der Waals surface area (Å²) in [5.74, 6) is 0. The van der Waals surface area contributed by atoms with Gasteiger partial charge in [-0.2, -0.15) is 0 Å². The minimum Gasteiger partial charge on any atom is -0.371 e. The van der Waals surface area contributed by atoms with Gasteiger partial charge in [0.15, 0.2) is 0 Å². The van der Waals surface area contributed by atoms with Crippen molar-refractivity contribution in [2.24, 2.45) is 5.73 Å². The first kappa shape index (κ1) is 9.71. The predicted molar refractivity (Wildman–Crippen MR) is 48.1 cm³/mol. The molecule has 10 heavy (non-hydrogen) atoms. The van der Waals surface area contributed by atoms with Crippen molar-refractivity contribution >= 4 is 33.5 Å². The average Bonchev–Trinajstić information content (AvgIpc) is 1.82. The van der Waals surface area contributed by atoms with Crippen LogP contribution in [-0.2, 0) is 0 Å². The van der Waals surface area contributed by atoms with Gasteiger partial charge >= 0.3 is 0 Å². The molecule has 0 bridgehead atoms. The minimum atomic E-state index is -0.464. The Balaban J connectivity index is 3.35. The fraction of sp³-hybridized carbons (Fsp3) is 0.600. The van der Waals surface area contributed by atoms with Crippen molar-refractivity contribution in [2.75, 3.05) is 6.54 Å². The predicted octanol–water partition coefficient (Wildman–Crippen LogP) is 1.08. The molecule has 0 saturated carbocycles. The van der Waals surface area contributed by atoms with E-state index < -0.39 is 5.24 Å². The number of primary amides is 1. The molecule has 0 spiro atoms. The van der Waals surface area contributed by atoms with Gasteiger partial charge in [-0.3, -0.25) is 4.79 Å². The molecule has 0 aliphatic heterocycles. The molecular weight excluding hydrogens is 168 g/mol. The second-order valence-corrected chi connectivity index (χ2v) is 3.32. The van der Waals surface area contributed by atoms with E-state index in [-0.39, 0.29) is 0 Å². The Morgan fingerprint density at radius 1 is 1.80 bits per heavy atom. The first-order valence-electron chi connectivity index (χ1n) is 2.92. The summed E-state index contributed by atoms with van der Waals surface area (Å²) in [7, 11) is 0. The van der Waals surface area contributed by atoms with Crippen LogP contribution in [0.2, 0.25) is 0 Å². The van der Waals surface area contributed by atoms with E-state index in [4.69, 9.17) is 18.0 Å². The lowest BCUT2D eigenvalue weighted by Gasteiger charge is -2.01. The second-order valence-electron chi connectivity index (χ2n) is 1.64. The maximum Gasteiger partial charge on any atom is 0.283 e. The first-order valence-corrected chi connectivity index (χ1v) is 4.14. The number of rotatable bonds is 2. The van der Waals surface area contributed by atoms with Gasteiger partial charge in [0.05, 0.1) is 0 Å². The van der Waals surface area contributed by atoms with Crippen molar-refractivity contribution in [2.45, 2.75) is 13.3 Å². The molecule has 0 saturated heterocycles. The molecule has 3 N–H and O–H groups in total. The summed E-state index contributed by atoms with van der Waals surface area (Å²) in [6, 6.07) is 0. The highest BCUT2D eigenvalue weighted by Crippen LogP contribution is 1.99. The van der Waals surface area contributed by atoms with Crippen LogP contribution in [0.15, 0.2) is 0 Å². The number of hydrogen-bond donors (Lipinski definition) is 2. The van der Waals surface area contributed by atoms with Crippen LogP contribution in [0.25, 0.3) is 0 Å². The second kappa shape index (κ2) is 5.49. The third-order valence-electron chi connectivity index (χ3n) is 0.713. The van der Waals surface area contributed by atoms with Crippen LogP contribution in [0.5, 0.6) is 0 Å². The maximum atomic E-state index is 10.2. The molecule has 58 valence electrons. The summed E-state index contributed by atoms with van der Waals surface area (Å²) >= 11 is 5.60. The quantitative estimate of drug-likeness (QED) is 0.621. The topological polar surface area (TPSA) is 55.1 Å². The van der Waals surface area contributed by atoms with Crippen LogP contribution in [0.1, 0.15) is 13.3 Å². The Hall–Kier alpha value is -0.290. The smallest absolute Gasteiger partial charge is 0.283 e. The highest BCUT2D eigenvalue weighted by atomic mass is 32.2. The Morgan fingerprint density at radius 3 is 2.80 bits per heavy atom. The van der Waals surface area contributed by atoms with E-state index >= 15 is 0 Å². The molecule has 0 heterocycles. The molecule has 0 aliphatic rings. The van der Waals surface area contributed by atoms with Gasteiger partial charge in [0.2, 0.25) is 0 Å². The van der Waals surface area contributed by atoms with Gasteiger partial charge in [0, 0.05) is 18.3 Å². The molecule has 0 atom stereocenters. The van der Waals surface area contributed by atoms with Gasteiger partial charge in [-0.05, 0) is 6.42 Å². The van der Waals surface area contributed by atoms with E-state index in [0.717, 1.165) is 24.7 Å². The average molecular weight is 178 g/mol. The summed E-state index contributed by atoms with van der Waals surface area (Å²) in [6.07, 6.45) is 0.986. The normalized spacial score (nSPS) is 8.90. The number of carbonyl (C=O) groups is 1. The Labute approximate surface area is 69.7 Å². The van der Waals surface area contributed by atoms with E-state index in [9.17, 15) is 4.79 Å². The Bertz CT molecular complexity index is 138. The lowest BCUT2D eigenvalue weighted by Crippen LogP contribution is -2.21. The van der Waals surface area contributed by atoms with Gasteiger partial charge in [0.25, 0.3) is 5.24 Å². The first-order chi connectivity index (χ1) is 4.66. The Morgan fingerprint density at radius 2 is 2.40 bits per heavy atom. The van der Waals surface area contributed by atoms with E-state index in [1.807, 2.05) is 6.92 Å². The number of carbonyl (C=O) groups excluding carboxylic acids is 1. The SMILES string of the molecule is CCCNC(=S)SC(N)=O. The molecule has 3 nitrogen and oxygen atoms in total. The number of nitrogens with one attached hydrogen (secondary N) is 1. The van der Waals surface area contributed by atoms with Crippen molar-refractivity contribution in [1.82, 2.24) is 5.32 Å². The number of thiocarbonyl (C=S) groups is 1. The zero-order valence-electron chi connectivity index (χ0n) is 5.72. The number of nitrogens with two attached hydrogens (primary N) is 1. The van der Waals surface area contributed by atoms with Crippen LogP contribution in [-0.4, -0.2) is 16.1 Å². The molecule has 0 aromatic heterocycles. The molecule has 0 radical (unpaired) electrons. The van der Waals surface area contributed by atoms with Crippen molar-refractivity contribution < 1.29 is 4.79 Å². The summed E-state index contributed by atoms with van der Waals surface area (Å²) in [5, 5.41) is 2.39. The molecule has 0 aromatic carbocycles. The van der Waals surface area contributed by atoms with Crippen molar-refractivity contribution in [3.8, 4) is 0 Å². The van der Waals surface area contributed by atoms with Gasteiger partial charge in [-0.1, -0.05) is 19.1 Å². The fourth-order valence-electron chi connectivity index (χ4n) is 0.355. The van der Waals surface area contributed by atoms with Gasteiger partial charge in [0.1, 0.15) is 4.32 Å². The van der Waals surface area contributed by atoms with E-state index in [1.54, 1.807) is 0 Å². The summed E-state index contributed by atoms with van der Waals surface area (Å²) in [6.45, 7) is 2.81. The molecule has 0 rings (SSSR count). The molecule has 0 aromatic rings. The zero-order chi connectivity index (χ0) is 7.98. The highest BCUT2D eigenvalue weighted by molar-refractivity contribution is 8.32. The molecule has 0 aliphatic carbocycles. The van der Waals surface area contributed by atoms with Gasteiger partial charge in [-0.25, -0.2) is 0 Å². The fourth-order valence-corrected chi connectivity index (χ4v) is 1.06. The molecule has 0 unspecified atom stereocenters. The van der Waals surface area contributed by atoms with Crippen LogP contribution in [0.4, 0.5) is 4.79 Å². The van der Waals surface area contributed by atoms with E-state index in [2.05, 4.69) is 5.32 Å². The minimum absolute atomic E-state index is 0.453. The largest absolute Gasteiger partial charge is 0.371 e. The van der Waals surface area contributed by atoms with E-state index in [1.165, 1.54) is 0 Å². The highest BCUT2D eigenvalue weighted by Gasteiger charge is 1.99.